The van der Waals surface area contributed by atoms with Gasteiger partial charge in [-0.25, -0.2) is 9.78 Å². The standard InChI is InChI=1S/C26H36ClN7O3S2/c1-3-34(23-9-7-21(18-30-23)31-26(36)32-39-24-10-8-22(27)38-24)25(35)20(17-28)6-5-19(2)29-11-4-12-33-13-15-37-16-14-33/h5-10,18,29H,3-4,11-17,28H2,1-2H3,(H2,31,32,36)/b19-5+,20-6+. The number of likely N-dealkylation sites (N-methyl/N-ethyl adjacent to an activating group) is 1. The molecule has 3 rings (SSSR count). The van der Waals surface area contributed by atoms with Crippen LogP contribution in [0.15, 0.2) is 58.1 Å². The van der Waals surface area contributed by atoms with Gasteiger partial charge in [-0.1, -0.05) is 17.7 Å². The van der Waals surface area contributed by atoms with Crippen LogP contribution in [-0.4, -0.2) is 74.3 Å². The molecule has 0 spiro atoms. The highest BCUT2D eigenvalue weighted by molar-refractivity contribution is 7.99. The number of urea groups is 1. The number of hydrogen-bond acceptors (Lipinski definition) is 9. The minimum absolute atomic E-state index is 0.100. The number of amides is 3. The van der Waals surface area contributed by atoms with E-state index in [1.165, 1.54) is 29.5 Å². The molecule has 0 unspecified atom stereocenters. The maximum Gasteiger partial charge on any atom is 0.329 e. The summed E-state index contributed by atoms with van der Waals surface area (Å²) in [6.07, 6.45) is 6.17. The fourth-order valence-corrected chi connectivity index (χ4v) is 5.59. The molecule has 0 bridgehead atoms. The molecule has 0 aliphatic carbocycles. The van der Waals surface area contributed by atoms with E-state index in [0.29, 0.717) is 28.0 Å². The van der Waals surface area contributed by atoms with Crippen LogP contribution in [-0.2, 0) is 9.53 Å². The number of carbonyl (C=O) groups is 2. The summed E-state index contributed by atoms with van der Waals surface area (Å²) in [5.74, 6) is 0.255. The lowest BCUT2D eigenvalue weighted by Crippen LogP contribution is -2.37. The lowest BCUT2D eigenvalue weighted by atomic mass is 10.2. The van der Waals surface area contributed by atoms with Gasteiger partial charge in [-0.15, -0.1) is 11.3 Å². The van der Waals surface area contributed by atoms with Gasteiger partial charge in [-0.05, 0) is 69.1 Å². The second kappa shape index (κ2) is 16.5. The summed E-state index contributed by atoms with van der Waals surface area (Å²) in [5.41, 5.74) is 7.85. The number of pyridine rings is 1. The molecule has 13 heteroatoms. The molecular formula is C26H36ClN7O3S2. The van der Waals surface area contributed by atoms with Crippen LogP contribution in [0.5, 0.6) is 0 Å². The smallest absolute Gasteiger partial charge is 0.329 e. The topological polar surface area (TPSA) is 125 Å². The third-order valence-corrected chi connectivity index (χ3v) is 7.97. The zero-order chi connectivity index (χ0) is 28.0. The summed E-state index contributed by atoms with van der Waals surface area (Å²) >= 11 is 8.45. The molecule has 2 aromatic rings. The van der Waals surface area contributed by atoms with Gasteiger partial charge in [0.1, 0.15) is 5.82 Å². The number of ether oxygens (including phenoxy) is 1. The highest BCUT2D eigenvalue weighted by Crippen LogP contribution is 2.28. The van der Waals surface area contributed by atoms with E-state index >= 15 is 0 Å². The Labute approximate surface area is 243 Å². The van der Waals surface area contributed by atoms with Gasteiger partial charge < -0.3 is 21.1 Å². The maximum absolute atomic E-state index is 13.2. The van der Waals surface area contributed by atoms with E-state index in [-0.39, 0.29) is 12.5 Å². The van der Waals surface area contributed by atoms with Crippen LogP contribution < -0.4 is 26.0 Å². The number of hydrogen-bond donors (Lipinski definition) is 4. The predicted octanol–water partition coefficient (Wildman–Crippen LogP) is 4.08. The average molecular weight is 594 g/mol. The zero-order valence-electron chi connectivity index (χ0n) is 22.2. The second-order valence-electron chi connectivity index (χ2n) is 8.65. The molecule has 1 fully saturated rings. The van der Waals surface area contributed by atoms with E-state index in [1.807, 2.05) is 26.0 Å². The fraction of sp³-hybridized carbons (Fsp3) is 0.423. The minimum Gasteiger partial charge on any atom is -0.389 e. The molecule has 1 saturated heterocycles. The normalized spacial score (nSPS) is 14.7. The van der Waals surface area contributed by atoms with Gasteiger partial charge >= 0.3 is 6.03 Å². The third-order valence-electron chi connectivity index (χ3n) is 5.82. The first-order valence-electron chi connectivity index (χ1n) is 12.8. The summed E-state index contributed by atoms with van der Waals surface area (Å²) in [4.78, 5) is 33.7. The number of thiophene rings is 1. The fourth-order valence-electron chi connectivity index (χ4n) is 3.73. The maximum atomic E-state index is 13.2. The molecule has 2 aromatic heterocycles. The van der Waals surface area contributed by atoms with Gasteiger partial charge in [0.25, 0.3) is 5.91 Å². The van der Waals surface area contributed by atoms with E-state index in [0.717, 1.165) is 55.7 Å². The number of anilines is 2. The first kappa shape index (κ1) is 30.9. The van der Waals surface area contributed by atoms with Crippen LogP contribution in [0.25, 0.3) is 0 Å². The molecule has 10 nitrogen and oxygen atoms in total. The SMILES string of the molecule is CCN(C(=O)/C(=C/C=C(\C)NCCCN1CCOCC1)CN)c1ccc(NC(=O)NSc2ccc(Cl)s2)cn1. The molecule has 1 aliphatic heterocycles. The Morgan fingerprint density at radius 3 is 2.69 bits per heavy atom. The van der Waals surface area contributed by atoms with Gasteiger partial charge in [0.05, 0.1) is 33.6 Å². The molecule has 0 radical (unpaired) electrons. The van der Waals surface area contributed by atoms with Gasteiger partial charge in [0, 0.05) is 44.0 Å². The van der Waals surface area contributed by atoms with Crippen molar-refractivity contribution in [1.82, 2.24) is 19.9 Å². The van der Waals surface area contributed by atoms with Crippen molar-refractivity contribution in [2.45, 2.75) is 24.5 Å². The molecule has 3 heterocycles. The molecule has 0 atom stereocenters. The van der Waals surface area contributed by atoms with Crippen molar-refractivity contribution in [3.63, 3.8) is 0 Å². The molecule has 5 N–H and O–H groups in total. The highest BCUT2D eigenvalue weighted by Gasteiger charge is 2.18. The third kappa shape index (κ3) is 10.5. The Morgan fingerprint density at radius 1 is 1.26 bits per heavy atom. The van der Waals surface area contributed by atoms with Crippen molar-refractivity contribution < 1.29 is 14.3 Å². The van der Waals surface area contributed by atoms with Crippen LogP contribution in [0.2, 0.25) is 4.34 Å². The average Bonchev–Trinajstić information content (AvgIpc) is 3.37. The van der Waals surface area contributed by atoms with Crippen LogP contribution in [0.1, 0.15) is 20.3 Å². The van der Waals surface area contributed by atoms with Crippen LogP contribution in [0, 0.1) is 0 Å². The molecule has 3 amide bonds. The Kier molecular flexibility index (Phi) is 13.1. The van der Waals surface area contributed by atoms with Crippen LogP contribution in [0.4, 0.5) is 16.3 Å². The summed E-state index contributed by atoms with van der Waals surface area (Å²) in [6.45, 7) is 9.84. The molecule has 1 aliphatic rings. The summed E-state index contributed by atoms with van der Waals surface area (Å²) < 4.78 is 9.60. The quantitative estimate of drug-likeness (QED) is 0.119. The number of nitrogens with two attached hydrogens (primary N) is 1. The van der Waals surface area contributed by atoms with Crippen molar-refractivity contribution in [2.24, 2.45) is 5.73 Å². The lowest BCUT2D eigenvalue weighted by Gasteiger charge is -2.26. The van der Waals surface area contributed by atoms with E-state index in [2.05, 4.69) is 25.2 Å². The largest absolute Gasteiger partial charge is 0.389 e. The number of nitrogens with one attached hydrogen (secondary N) is 3. The molecular weight excluding hydrogens is 558 g/mol. The number of carbonyl (C=O) groups excluding carboxylic acids is 2. The molecule has 39 heavy (non-hydrogen) atoms. The summed E-state index contributed by atoms with van der Waals surface area (Å²) in [7, 11) is 0. The lowest BCUT2D eigenvalue weighted by molar-refractivity contribution is -0.115. The number of allylic oxidation sites excluding steroid dienone is 3. The first-order valence-corrected chi connectivity index (χ1v) is 14.8. The Balaban J connectivity index is 1.50. The van der Waals surface area contributed by atoms with Gasteiger partial charge in [0.15, 0.2) is 0 Å². The van der Waals surface area contributed by atoms with Crippen molar-refractivity contribution in [1.29, 1.82) is 0 Å². The number of aromatic nitrogens is 1. The number of morpholine rings is 1. The minimum atomic E-state index is -0.396. The molecule has 0 saturated carbocycles. The number of rotatable bonds is 13. The Morgan fingerprint density at radius 2 is 2.05 bits per heavy atom. The van der Waals surface area contributed by atoms with E-state index in [9.17, 15) is 9.59 Å². The van der Waals surface area contributed by atoms with Gasteiger partial charge in [-0.2, -0.15) is 0 Å². The van der Waals surface area contributed by atoms with Gasteiger partial charge in [-0.3, -0.25) is 19.3 Å². The summed E-state index contributed by atoms with van der Waals surface area (Å²) in [5, 5.41) is 6.11. The van der Waals surface area contributed by atoms with Crippen LogP contribution >= 0.6 is 34.9 Å². The predicted molar refractivity (Wildman–Crippen MR) is 160 cm³/mol. The zero-order valence-corrected chi connectivity index (χ0v) is 24.6. The first-order chi connectivity index (χ1) is 18.9. The molecule has 0 aromatic carbocycles. The van der Waals surface area contributed by atoms with Crippen molar-refractivity contribution in [2.75, 3.05) is 62.7 Å². The second-order valence-corrected chi connectivity index (χ2v) is 11.5. The monoisotopic (exact) mass is 593 g/mol. The van der Waals surface area contributed by atoms with Crippen LogP contribution in [0.3, 0.4) is 0 Å². The van der Waals surface area contributed by atoms with Gasteiger partial charge in [0.2, 0.25) is 0 Å². The van der Waals surface area contributed by atoms with Crippen molar-refractivity contribution in [3.05, 3.63) is 58.2 Å². The van der Waals surface area contributed by atoms with Crippen molar-refractivity contribution in [3.8, 4) is 0 Å². The van der Waals surface area contributed by atoms with Crippen molar-refractivity contribution >= 4 is 58.3 Å². The van der Waals surface area contributed by atoms with E-state index < -0.39 is 6.03 Å². The number of nitrogens with zero attached hydrogens (tertiary/aromatic N) is 3. The summed E-state index contributed by atoms with van der Waals surface area (Å²) in [6, 6.07) is 6.59. The molecule has 212 valence electrons. The number of halogens is 1. The highest BCUT2D eigenvalue weighted by atomic mass is 35.5. The van der Waals surface area contributed by atoms with E-state index in [1.54, 1.807) is 29.2 Å². The van der Waals surface area contributed by atoms with E-state index in [4.69, 9.17) is 22.1 Å². The Hall–Kier alpha value is -2.61. The Bertz CT molecular complexity index is 1130.